The molecule has 2 aliphatic rings. The fourth-order valence-corrected chi connectivity index (χ4v) is 5.22. The van der Waals surface area contributed by atoms with Gasteiger partial charge in [0.25, 0.3) is 0 Å². The van der Waals surface area contributed by atoms with Gasteiger partial charge in [-0.15, -0.1) is 5.10 Å². The van der Waals surface area contributed by atoms with Crippen molar-refractivity contribution in [3.8, 4) is 0 Å². The van der Waals surface area contributed by atoms with Crippen molar-refractivity contribution in [1.29, 1.82) is 0 Å². The van der Waals surface area contributed by atoms with E-state index in [1.54, 1.807) is 30.2 Å². The second-order valence-electron chi connectivity index (χ2n) is 10.5. The van der Waals surface area contributed by atoms with Gasteiger partial charge in [-0.05, 0) is 30.5 Å². The number of rotatable bonds is 6. The minimum atomic E-state index is -1.08. The van der Waals surface area contributed by atoms with Gasteiger partial charge in [-0.25, -0.2) is 4.68 Å². The van der Waals surface area contributed by atoms with E-state index in [-0.39, 0.29) is 30.7 Å². The summed E-state index contributed by atoms with van der Waals surface area (Å²) in [6.45, 7) is 3.09. The normalized spacial score (nSPS) is 26.1. The third-order valence-corrected chi connectivity index (χ3v) is 7.34. The van der Waals surface area contributed by atoms with Crippen LogP contribution in [0.2, 0.25) is 0 Å². The summed E-state index contributed by atoms with van der Waals surface area (Å²) in [5.41, 5.74) is 2.52. The fraction of sp³-hybridized carbons (Fsp3) is 0.429. The summed E-state index contributed by atoms with van der Waals surface area (Å²) in [7, 11) is 0. The zero-order valence-electron chi connectivity index (χ0n) is 22.3. The van der Waals surface area contributed by atoms with E-state index >= 15 is 0 Å². The van der Waals surface area contributed by atoms with E-state index in [0.29, 0.717) is 31.7 Å². The molecular formula is C28H34N8O4. The van der Waals surface area contributed by atoms with Gasteiger partial charge in [-0.2, -0.15) is 0 Å². The lowest BCUT2D eigenvalue weighted by Crippen LogP contribution is -2.55. The molecule has 210 valence electrons. The van der Waals surface area contributed by atoms with Crippen molar-refractivity contribution in [3.05, 3.63) is 77.9 Å². The molecule has 0 aliphatic carbocycles. The predicted octanol–water partition coefficient (Wildman–Crippen LogP) is -0.223. The van der Waals surface area contributed by atoms with Gasteiger partial charge in [-0.3, -0.25) is 24.3 Å². The quantitative estimate of drug-likeness (QED) is 0.331. The number of hydrogen-bond donors (Lipinski definition) is 4. The highest BCUT2D eigenvalue weighted by Gasteiger charge is 2.39. The highest BCUT2D eigenvalue weighted by atomic mass is 16.3. The molecule has 4 N–H and O–H groups in total. The van der Waals surface area contributed by atoms with Gasteiger partial charge in [-0.1, -0.05) is 41.6 Å². The van der Waals surface area contributed by atoms with E-state index in [1.165, 1.54) is 0 Å². The Bertz CT molecular complexity index is 1320. The largest absolute Gasteiger partial charge is 0.390 e. The molecule has 3 aromatic rings. The number of amides is 3. The van der Waals surface area contributed by atoms with Crippen molar-refractivity contribution < 1.29 is 19.5 Å². The Hall–Kier alpha value is -4.16. The lowest BCUT2D eigenvalue weighted by Gasteiger charge is -2.27. The monoisotopic (exact) mass is 546 g/mol. The van der Waals surface area contributed by atoms with Gasteiger partial charge in [0.2, 0.25) is 17.7 Å². The number of nitrogens with one attached hydrogen (secondary N) is 3. The molecule has 3 amide bonds. The molecule has 2 aliphatic heterocycles. The first-order valence-corrected chi connectivity index (χ1v) is 13.5. The first-order valence-electron chi connectivity index (χ1n) is 13.5. The van der Waals surface area contributed by atoms with E-state index in [0.717, 1.165) is 11.1 Å². The molecule has 5 atom stereocenters. The number of aromatic nitrogens is 4. The van der Waals surface area contributed by atoms with Crippen LogP contribution in [0.4, 0.5) is 0 Å². The smallest absolute Gasteiger partial charge is 0.243 e. The Kier molecular flexibility index (Phi) is 8.46. The molecule has 2 bridgehead atoms. The van der Waals surface area contributed by atoms with Crippen molar-refractivity contribution >= 4 is 17.7 Å². The molecule has 2 fully saturated rings. The summed E-state index contributed by atoms with van der Waals surface area (Å²) in [4.78, 5) is 45.8. The number of hydrogen-bond acceptors (Lipinski definition) is 8. The van der Waals surface area contributed by atoms with Crippen molar-refractivity contribution in [2.45, 2.75) is 69.5 Å². The Balaban J connectivity index is 1.36. The van der Waals surface area contributed by atoms with Crippen LogP contribution in [0.5, 0.6) is 0 Å². The number of aliphatic hydroxyl groups excluding tert-OH is 1. The van der Waals surface area contributed by atoms with E-state index in [1.807, 2.05) is 47.4 Å². The highest BCUT2D eigenvalue weighted by Crippen LogP contribution is 2.22. The summed E-state index contributed by atoms with van der Waals surface area (Å²) in [5, 5.41) is 27.6. The van der Waals surface area contributed by atoms with Gasteiger partial charge in [0.1, 0.15) is 6.04 Å². The number of likely N-dealkylation sites (tertiary alicyclic amines) is 1. The van der Waals surface area contributed by atoms with Crippen molar-refractivity contribution in [2.24, 2.45) is 0 Å². The maximum absolute atomic E-state index is 13.7. The second-order valence-corrected chi connectivity index (χ2v) is 10.5. The van der Waals surface area contributed by atoms with Crippen LogP contribution < -0.4 is 16.0 Å². The molecule has 2 aromatic heterocycles. The molecule has 0 unspecified atom stereocenters. The van der Waals surface area contributed by atoms with E-state index in [4.69, 9.17) is 0 Å². The van der Waals surface area contributed by atoms with Crippen LogP contribution in [-0.2, 0) is 33.9 Å². The number of aliphatic hydroxyl groups is 1. The molecule has 0 saturated carbocycles. The Morgan fingerprint density at radius 2 is 1.77 bits per heavy atom. The summed E-state index contributed by atoms with van der Waals surface area (Å²) < 4.78 is 1.65. The van der Waals surface area contributed by atoms with Crippen LogP contribution in [0.3, 0.4) is 0 Å². The molecule has 12 nitrogen and oxygen atoms in total. The Morgan fingerprint density at radius 1 is 0.975 bits per heavy atom. The van der Waals surface area contributed by atoms with Crippen LogP contribution in [0, 0.1) is 0 Å². The highest BCUT2D eigenvalue weighted by molar-refractivity contribution is 5.90. The SMILES string of the molecule is C[C@@H]1NC(=O)[C@@H](Cc2cn(Cc3cccnc3)nn2)NC(=O)[C@@H]2C[C@H](CN2Cc2ccccc2)NC(=O)C[C@@H]1O. The summed E-state index contributed by atoms with van der Waals surface area (Å²) >= 11 is 0. The topological polar surface area (TPSA) is 154 Å². The molecule has 40 heavy (non-hydrogen) atoms. The van der Waals surface area contributed by atoms with Crippen LogP contribution in [0.15, 0.2) is 61.1 Å². The number of carbonyl (C=O) groups is 3. The van der Waals surface area contributed by atoms with Gasteiger partial charge in [0.05, 0.1) is 36.8 Å². The van der Waals surface area contributed by atoms with Gasteiger partial charge in [0, 0.05) is 44.1 Å². The lowest BCUT2D eigenvalue weighted by atomic mass is 10.1. The zero-order chi connectivity index (χ0) is 28.1. The van der Waals surface area contributed by atoms with Crippen LogP contribution in [0.1, 0.15) is 36.6 Å². The van der Waals surface area contributed by atoms with Gasteiger partial charge < -0.3 is 21.1 Å². The lowest BCUT2D eigenvalue weighted by molar-refractivity contribution is -0.132. The van der Waals surface area contributed by atoms with Crippen molar-refractivity contribution in [2.75, 3.05) is 6.54 Å². The number of carbonyl (C=O) groups excluding carboxylic acids is 3. The molecule has 12 heteroatoms. The van der Waals surface area contributed by atoms with Crippen molar-refractivity contribution in [3.63, 3.8) is 0 Å². The Labute approximate surface area is 232 Å². The molecular weight excluding hydrogens is 512 g/mol. The molecule has 1 aromatic carbocycles. The van der Waals surface area contributed by atoms with E-state index < -0.39 is 30.1 Å². The Morgan fingerprint density at radius 3 is 2.55 bits per heavy atom. The molecule has 5 rings (SSSR count). The van der Waals surface area contributed by atoms with Crippen molar-refractivity contribution in [1.82, 2.24) is 40.8 Å². The van der Waals surface area contributed by atoms with Crippen LogP contribution >= 0.6 is 0 Å². The van der Waals surface area contributed by atoms with Crippen LogP contribution in [0.25, 0.3) is 0 Å². The minimum Gasteiger partial charge on any atom is -0.390 e. The average molecular weight is 547 g/mol. The average Bonchev–Trinajstić information content (AvgIpc) is 3.55. The molecule has 4 heterocycles. The zero-order valence-corrected chi connectivity index (χ0v) is 22.3. The third kappa shape index (κ3) is 6.88. The maximum atomic E-state index is 13.7. The minimum absolute atomic E-state index is 0.111. The first kappa shape index (κ1) is 27.4. The van der Waals surface area contributed by atoms with Gasteiger partial charge in [0.15, 0.2) is 0 Å². The third-order valence-electron chi connectivity index (χ3n) is 7.34. The maximum Gasteiger partial charge on any atom is 0.243 e. The van der Waals surface area contributed by atoms with Crippen LogP contribution in [-0.4, -0.2) is 84.5 Å². The fourth-order valence-electron chi connectivity index (χ4n) is 5.22. The molecule has 2 saturated heterocycles. The van der Waals surface area contributed by atoms with E-state index in [2.05, 4.69) is 31.2 Å². The summed E-state index contributed by atoms with van der Waals surface area (Å²) in [6, 6.07) is 11.1. The number of pyridine rings is 1. The number of fused-ring (bicyclic) bond motifs is 2. The molecule has 0 spiro atoms. The summed E-state index contributed by atoms with van der Waals surface area (Å²) in [6.07, 6.45) is 4.44. The van der Waals surface area contributed by atoms with Gasteiger partial charge >= 0.3 is 0 Å². The number of benzene rings is 1. The predicted molar refractivity (Wildman–Crippen MR) is 144 cm³/mol. The standard InChI is InChI=1S/C28H34N8O4/c1-18-25(37)12-26(38)31-21-11-24(35(16-21)14-19-6-3-2-4-7-19)28(40)32-23(27(39)30-18)10-22-17-36(34-33-22)15-20-8-5-9-29-13-20/h2-9,13,17-18,21,23-25,37H,10-12,14-16H2,1H3,(H,30,39)(H,31,38)(H,32,40)/t18-,21+,23+,24-,25-/m0/s1. The van der Waals surface area contributed by atoms with E-state index in [9.17, 15) is 19.5 Å². The summed E-state index contributed by atoms with van der Waals surface area (Å²) in [5.74, 6) is -1.09. The first-order chi connectivity index (χ1) is 19.3. The molecule has 0 radical (unpaired) electrons. The number of nitrogens with zero attached hydrogens (tertiary/aromatic N) is 5. The second kappa shape index (κ2) is 12.3.